The number of aromatic nitrogens is 1. The number of aryl methyl sites for hydroxylation is 1. The minimum atomic E-state index is 0.534. The Labute approximate surface area is 285 Å². The molecule has 1 heterocycles. The lowest BCUT2D eigenvalue weighted by Crippen LogP contribution is -2.22. The van der Waals surface area contributed by atoms with Gasteiger partial charge in [-0.1, -0.05) is 92.6 Å². The Hall–Kier alpha value is -5.00. The van der Waals surface area contributed by atoms with Crippen molar-refractivity contribution in [2.75, 3.05) is 19.7 Å². The van der Waals surface area contributed by atoms with Gasteiger partial charge in [-0.15, -0.1) is 0 Å². The second-order valence-electron chi connectivity index (χ2n) is 12.3. The lowest BCUT2D eigenvalue weighted by atomic mass is 10.1. The molecular weight excluding hydrogens is 592 g/mol. The number of rotatable bonds is 17. The van der Waals surface area contributed by atoms with E-state index >= 15 is 0 Å². The Morgan fingerprint density at radius 3 is 1.85 bits per heavy atom. The summed E-state index contributed by atoms with van der Waals surface area (Å²) in [5.41, 5.74) is 8.25. The second kappa shape index (κ2) is 16.7. The summed E-state index contributed by atoms with van der Waals surface area (Å²) in [6.45, 7) is 8.82. The van der Waals surface area contributed by atoms with Crippen molar-refractivity contribution in [3.8, 4) is 28.5 Å². The molecule has 48 heavy (non-hydrogen) atoms. The highest BCUT2D eigenvalue weighted by Gasteiger charge is 2.17. The van der Waals surface area contributed by atoms with E-state index in [1.807, 2.05) is 36.4 Å². The Bertz CT molecular complexity index is 1850. The number of benzene rings is 5. The number of unbranched alkanes of at least 4 members (excludes halogenated alkanes) is 2. The first-order valence-electron chi connectivity index (χ1n) is 17.2. The van der Waals surface area contributed by atoms with E-state index in [-0.39, 0.29) is 0 Å². The predicted octanol–water partition coefficient (Wildman–Crippen LogP) is 9.98. The van der Waals surface area contributed by atoms with Crippen LogP contribution in [0.5, 0.6) is 17.2 Å². The van der Waals surface area contributed by atoms with Gasteiger partial charge in [0.1, 0.15) is 37.1 Å². The lowest BCUT2D eigenvalue weighted by molar-refractivity contribution is 0.306. The Morgan fingerprint density at radius 2 is 1.19 bits per heavy atom. The molecule has 6 aromatic rings. The van der Waals surface area contributed by atoms with Crippen molar-refractivity contribution in [3.63, 3.8) is 0 Å². The van der Waals surface area contributed by atoms with Crippen LogP contribution in [0.3, 0.4) is 0 Å². The number of hydrogen-bond donors (Lipinski definition) is 1. The Kier molecular flexibility index (Phi) is 11.5. The summed E-state index contributed by atoms with van der Waals surface area (Å²) in [4.78, 5) is 0. The maximum absolute atomic E-state index is 6.24. The molecule has 246 valence electrons. The first kappa shape index (κ1) is 32.9. The summed E-state index contributed by atoms with van der Waals surface area (Å²) in [6.07, 6.45) is 3.73. The molecule has 0 saturated carbocycles. The maximum atomic E-state index is 6.24. The van der Waals surface area contributed by atoms with Crippen LogP contribution in [0.25, 0.3) is 22.2 Å². The minimum absolute atomic E-state index is 0.534. The van der Waals surface area contributed by atoms with Crippen molar-refractivity contribution in [3.05, 3.63) is 150 Å². The molecule has 0 aliphatic rings. The van der Waals surface area contributed by atoms with Gasteiger partial charge in [0.25, 0.3) is 0 Å². The monoisotopic (exact) mass is 638 g/mol. The van der Waals surface area contributed by atoms with Crippen molar-refractivity contribution in [1.82, 2.24) is 9.88 Å². The molecule has 5 nitrogen and oxygen atoms in total. The molecule has 0 fully saturated rings. The summed E-state index contributed by atoms with van der Waals surface area (Å²) in [5, 5.41) is 4.65. The van der Waals surface area contributed by atoms with Gasteiger partial charge in [-0.05, 0) is 102 Å². The average molecular weight is 639 g/mol. The van der Waals surface area contributed by atoms with Gasteiger partial charge in [-0.2, -0.15) is 0 Å². The third-order valence-electron chi connectivity index (χ3n) is 8.68. The zero-order chi connectivity index (χ0) is 33.0. The van der Waals surface area contributed by atoms with Crippen molar-refractivity contribution in [1.29, 1.82) is 0 Å². The van der Waals surface area contributed by atoms with E-state index < -0.39 is 0 Å². The first-order chi connectivity index (χ1) is 23.7. The Morgan fingerprint density at radius 1 is 0.583 bits per heavy atom. The lowest BCUT2D eigenvalue weighted by Gasteiger charge is -2.14. The van der Waals surface area contributed by atoms with E-state index in [9.17, 15) is 0 Å². The summed E-state index contributed by atoms with van der Waals surface area (Å²) in [5.74, 6) is 2.62. The van der Waals surface area contributed by atoms with Crippen LogP contribution < -0.4 is 19.5 Å². The highest BCUT2D eigenvalue weighted by Crippen LogP contribution is 2.37. The number of fused-ring (bicyclic) bond motifs is 1. The molecule has 0 amide bonds. The van der Waals surface area contributed by atoms with Crippen molar-refractivity contribution < 1.29 is 14.2 Å². The van der Waals surface area contributed by atoms with Gasteiger partial charge in [0.15, 0.2) is 0 Å². The number of hydrogen-bond acceptors (Lipinski definition) is 4. The summed E-state index contributed by atoms with van der Waals surface area (Å²) >= 11 is 0. The van der Waals surface area contributed by atoms with E-state index in [0.29, 0.717) is 19.8 Å². The fourth-order valence-electron chi connectivity index (χ4n) is 6.06. The van der Waals surface area contributed by atoms with Crippen LogP contribution in [-0.4, -0.2) is 24.3 Å². The van der Waals surface area contributed by atoms with E-state index in [2.05, 4.69) is 115 Å². The van der Waals surface area contributed by atoms with Crippen LogP contribution in [-0.2, 0) is 19.8 Å². The largest absolute Gasteiger partial charge is 0.492 e. The average Bonchev–Trinajstić information content (AvgIpc) is 3.41. The second-order valence-corrected chi connectivity index (χ2v) is 12.3. The molecule has 1 aromatic heterocycles. The summed E-state index contributed by atoms with van der Waals surface area (Å²) < 4.78 is 20.8. The third kappa shape index (κ3) is 8.67. The molecule has 1 N–H and O–H groups in total. The normalized spacial score (nSPS) is 11.1. The van der Waals surface area contributed by atoms with Gasteiger partial charge in [0, 0.05) is 24.0 Å². The van der Waals surface area contributed by atoms with Crippen molar-refractivity contribution in [2.24, 2.45) is 0 Å². The highest BCUT2D eigenvalue weighted by molar-refractivity contribution is 5.92. The molecule has 6 rings (SSSR count). The molecule has 0 saturated heterocycles. The SMILES string of the molecule is CCCCCNCCOc1ccc(Cn2c(-c3ccc(OCc4ccccc4)cc3)c(C)c3cc(OCc4ccccc4)ccc32)cc1. The van der Waals surface area contributed by atoms with Gasteiger partial charge in [-0.3, -0.25) is 0 Å². The fraction of sp³-hybridized carbons (Fsp3) is 0.256. The molecule has 0 atom stereocenters. The van der Waals surface area contributed by atoms with Gasteiger partial charge >= 0.3 is 0 Å². The molecule has 0 aliphatic heterocycles. The highest BCUT2D eigenvalue weighted by atomic mass is 16.5. The standard InChI is InChI=1S/C43H46N2O3/c1-3-4-11-26-44-27-28-46-38-20-16-34(17-21-38)30-45-42-25-24-40(48-32-36-14-9-6-10-15-36)29-41(42)33(2)43(45)37-18-22-39(23-19-37)47-31-35-12-7-5-8-13-35/h5-10,12-25,29,44H,3-4,11,26-28,30-32H2,1-2H3. The molecule has 5 aromatic carbocycles. The summed E-state index contributed by atoms with van der Waals surface area (Å²) in [6, 6.07) is 44.0. The van der Waals surface area contributed by atoms with E-state index in [0.717, 1.165) is 53.6 Å². The Balaban J connectivity index is 1.22. The zero-order valence-corrected chi connectivity index (χ0v) is 28.2. The van der Waals surface area contributed by atoms with Crippen LogP contribution in [0.1, 0.15) is 48.4 Å². The molecule has 5 heteroatoms. The summed E-state index contributed by atoms with van der Waals surface area (Å²) in [7, 11) is 0. The van der Waals surface area contributed by atoms with Gasteiger partial charge in [0.2, 0.25) is 0 Å². The minimum Gasteiger partial charge on any atom is -0.492 e. The zero-order valence-electron chi connectivity index (χ0n) is 28.2. The first-order valence-corrected chi connectivity index (χ1v) is 17.2. The van der Waals surface area contributed by atoms with Gasteiger partial charge in [-0.25, -0.2) is 0 Å². The fourth-order valence-corrected chi connectivity index (χ4v) is 6.06. The third-order valence-corrected chi connectivity index (χ3v) is 8.68. The number of nitrogens with one attached hydrogen (secondary N) is 1. The van der Waals surface area contributed by atoms with E-state index in [1.165, 1.54) is 47.0 Å². The van der Waals surface area contributed by atoms with Crippen LogP contribution >= 0.6 is 0 Å². The van der Waals surface area contributed by atoms with Crippen molar-refractivity contribution in [2.45, 2.75) is 52.9 Å². The smallest absolute Gasteiger partial charge is 0.120 e. The van der Waals surface area contributed by atoms with Crippen LogP contribution in [0.4, 0.5) is 0 Å². The quantitative estimate of drug-likeness (QED) is 0.101. The van der Waals surface area contributed by atoms with Crippen LogP contribution in [0.15, 0.2) is 127 Å². The molecule has 0 aliphatic carbocycles. The molecule has 0 bridgehead atoms. The topological polar surface area (TPSA) is 44.7 Å². The molecule has 0 spiro atoms. The molecule has 0 radical (unpaired) electrons. The number of ether oxygens (including phenoxy) is 3. The maximum Gasteiger partial charge on any atom is 0.120 e. The number of nitrogens with zero attached hydrogens (tertiary/aromatic N) is 1. The van der Waals surface area contributed by atoms with Crippen LogP contribution in [0, 0.1) is 6.92 Å². The predicted molar refractivity (Wildman–Crippen MR) is 197 cm³/mol. The van der Waals surface area contributed by atoms with Crippen molar-refractivity contribution >= 4 is 10.9 Å². The van der Waals surface area contributed by atoms with Gasteiger partial charge in [0.05, 0.1) is 5.69 Å². The van der Waals surface area contributed by atoms with E-state index in [4.69, 9.17) is 14.2 Å². The van der Waals surface area contributed by atoms with E-state index in [1.54, 1.807) is 0 Å². The molecular formula is C43H46N2O3. The van der Waals surface area contributed by atoms with Gasteiger partial charge < -0.3 is 24.1 Å². The van der Waals surface area contributed by atoms with Crippen LogP contribution in [0.2, 0.25) is 0 Å². The molecule has 0 unspecified atom stereocenters.